The number of carbonyl (C=O) groups is 2. The summed E-state index contributed by atoms with van der Waals surface area (Å²) in [6.45, 7) is 1.40. The smallest absolute Gasteiger partial charge is 0.254 e. The van der Waals surface area contributed by atoms with Crippen molar-refractivity contribution in [3.63, 3.8) is 0 Å². The molecule has 1 saturated carbocycles. The lowest BCUT2D eigenvalue weighted by atomic mass is 9.76. The number of hydrogen-bond donors (Lipinski definition) is 4. The van der Waals surface area contributed by atoms with Gasteiger partial charge in [-0.2, -0.15) is 5.10 Å². The molecule has 35 heavy (non-hydrogen) atoms. The van der Waals surface area contributed by atoms with Crippen molar-refractivity contribution in [2.45, 2.75) is 50.2 Å². The van der Waals surface area contributed by atoms with Crippen LogP contribution in [0.5, 0.6) is 0 Å². The normalized spacial score (nSPS) is 16.5. The molecule has 1 aliphatic rings. The molecule has 1 aliphatic carbocycles. The van der Waals surface area contributed by atoms with Gasteiger partial charge < -0.3 is 15.7 Å². The van der Waals surface area contributed by atoms with Gasteiger partial charge in [0, 0.05) is 17.5 Å². The molecule has 0 aliphatic heterocycles. The van der Waals surface area contributed by atoms with E-state index in [9.17, 15) is 27.9 Å². The van der Waals surface area contributed by atoms with Crippen LogP contribution in [0.2, 0.25) is 0 Å². The second-order valence-electron chi connectivity index (χ2n) is 8.79. The molecule has 1 aromatic heterocycles. The largest absolute Gasteiger partial charge is 0.378 e. The van der Waals surface area contributed by atoms with Crippen molar-refractivity contribution in [3.8, 4) is 0 Å². The quantitative estimate of drug-likeness (QED) is 0.407. The summed E-state index contributed by atoms with van der Waals surface area (Å²) in [5.41, 5.74) is 1.01. The van der Waals surface area contributed by atoms with Crippen LogP contribution in [0.1, 0.15) is 55.5 Å². The van der Waals surface area contributed by atoms with E-state index >= 15 is 0 Å². The number of aromatic nitrogens is 2. The summed E-state index contributed by atoms with van der Waals surface area (Å²) in [5, 5.41) is 22.3. The van der Waals surface area contributed by atoms with Gasteiger partial charge >= 0.3 is 0 Å². The van der Waals surface area contributed by atoms with Crippen molar-refractivity contribution in [2.24, 2.45) is 0 Å². The Bertz CT molecular complexity index is 1200. The number of nitrogens with zero attached hydrogens (tertiary/aromatic N) is 1. The Morgan fingerprint density at radius 2 is 1.60 bits per heavy atom. The predicted molar refractivity (Wildman–Crippen MR) is 122 cm³/mol. The molecule has 2 amide bonds. The van der Waals surface area contributed by atoms with Crippen molar-refractivity contribution in [1.82, 2.24) is 15.5 Å². The average Bonchev–Trinajstić information content (AvgIpc) is 3.49. The molecule has 1 heterocycles. The molecule has 10 heteroatoms. The van der Waals surface area contributed by atoms with Gasteiger partial charge in [-0.05, 0) is 55.2 Å². The first-order valence-electron chi connectivity index (χ1n) is 11.3. The minimum absolute atomic E-state index is 0.270. The Hall–Kier alpha value is -3.66. The van der Waals surface area contributed by atoms with Crippen molar-refractivity contribution in [2.75, 3.05) is 5.32 Å². The lowest BCUT2D eigenvalue weighted by molar-refractivity contribution is -0.132. The summed E-state index contributed by atoms with van der Waals surface area (Å²) in [4.78, 5) is 24.9. The van der Waals surface area contributed by atoms with Crippen LogP contribution in [-0.4, -0.2) is 33.2 Å². The van der Waals surface area contributed by atoms with E-state index in [2.05, 4.69) is 20.8 Å². The number of hydrogen-bond acceptors (Lipinski definition) is 4. The molecule has 0 unspecified atom stereocenters. The number of rotatable bonds is 7. The molecule has 7 nitrogen and oxygen atoms in total. The van der Waals surface area contributed by atoms with Gasteiger partial charge in [0.2, 0.25) is 5.91 Å². The molecule has 0 radical (unpaired) electrons. The van der Waals surface area contributed by atoms with E-state index in [-0.39, 0.29) is 11.4 Å². The van der Waals surface area contributed by atoms with Gasteiger partial charge in [0.05, 0.1) is 5.69 Å². The van der Waals surface area contributed by atoms with E-state index in [1.54, 1.807) is 18.2 Å². The summed E-state index contributed by atoms with van der Waals surface area (Å²) < 4.78 is 40.2. The first kappa shape index (κ1) is 24.5. The summed E-state index contributed by atoms with van der Waals surface area (Å²) in [6.07, 6.45) is 1.80. The zero-order valence-corrected chi connectivity index (χ0v) is 18.9. The Balaban J connectivity index is 1.42. The van der Waals surface area contributed by atoms with Crippen molar-refractivity contribution in [3.05, 3.63) is 82.8 Å². The van der Waals surface area contributed by atoms with Crippen LogP contribution in [0.4, 0.5) is 19.0 Å². The number of halogens is 3. The van der Waals surface area contributed by atoms with Gasteiger partial charge in [-0.1, -0.05) is 25.0 Å². The van der Waals surface area contributed by atoms with E-state index in [4.69, 9.17) is 0 Å². The highest BCUT2D eigenvalue weighted by Crippen LogP contribution is 2.46. The molecular weight excluding hydrogens is 461 g/mol. The molecule has 4 N–H and O–H groups in total. The molecule has 4 rings (SSSR count). The summed E-state index contributed by atoms with van der Waals surface area (Å²) in [5.74, 6) is -3.45. The van der Waals surface area contributed by atoms with Crippen LogP contribution < -0.4 is 10.6 Å². The number of amides is 2. The van der Waals surface area contributed by atoms with E-state index in [0.717, 1.165) is 49.1 Å². The molecule has 2 atom stereocenters. The van der Waals surface area contributed by atoms with Gasteiger partial charge in [0.15, 0.2) is 6.10 Å². The molecule has 184 valence electrons. The maximum Gasteiger partial charge on any atom is 0.254 e. The van der Waals surface area contributed by atoms with Crippen LogP contribution in [-0.2, 0) is 15.0 Å². The summed E-state index contributed by atoms with van der Waals surface area (Å²) >= 11 is 0. The fraction of sp³-hybridized carbons (Fsp3) is 0.320. The minimum atomic E-state index is -1.85. The third kappa shape index (κ3) is 5.22. The number of nitrogens with one attached hydrogen (secondary N) is 3. The van der Waals surface area contributed by atoms with Crippen molar-refractivity contribution < 1.29 is 27.9 Å². The number of aromatic amines is 1. The van der Waals surface area contributed by atoms with Gasteiger partial charge in [0.25, 0.3) is 5.91 Å². The van der Waals surface area contributed by atoms with Gasteiger partial charge in [-0.25, -0.2) is 13.2 Å². The maximum absolute atomic E-state index is 13.4. The highest BCUT2D eigenvalue weighted by atomic mass is 19.1. The van der Waals surface area contributed by atoms with Gasteiger partial charge in [-0.15, -0.1) is 0 Å². The zero-order valence-electron chi connectivity index (χ0n) is 18.9. The van der Waals surface area contributed by atoms with E-state index < -0.39 is 41.0 Å². The molecule has 3 aromatic rings. The Morgan fingerprint density at radius 1 is 0.971 bits per heavy atom. The number of benzene rings is 2. The number of aliphatic hydroxyl groups is 1. The highest BCUT2D eigenvalue weighted by molar-refractivity contribution is 5.97. The Kier molecular flexibility index (Phi) is 6.93. The highest BCUT2D eigenvalue weighted by Gasteiger charge is 2.39. The summed E-state index contributed by atoms with van der Waals surface area (Å²) in [6, 6.07) is 9.28. The average molecular weight is 486 g/mol. The molecule has 1 fully saturated rings. The second kappa shape index (κ2) is 9.91. The minimum Gasteiger partial charge on any atom is -0.378 e. The standard InChI is InChI=1S/C25H25F3N4O3/c1-14(29-24(35)22(33)15-10-18(27)12-19(28)11-15)23(34)30-21-13-20(31-32-21)25(8-2-3-9-25)16-4-6-17(26)7-5-16/h4-7,10-14,22,33H,2-3,8-9H2,1H3,(H,29,35)(H2,30,31,32,34)/t14-,22-/m0/s1. The molecule has 0 saturated heterocycles. The Morgan fingerprint density at radius 3 is 2.23 bits per heavy atom. The van der Waals surface area contributed by atoms with Crippen LogP contribution in [0.15, 0.2) is 48.5 Å². The Labute approximate surface area is 199 Å². The van der Waals surface area contributed by atoms with Gasteiger partial charge in [-0.3, -0.25) is 14.7 Å². The molecular formula is C25H25F3N4O3. The van der Waals surface area contributed by atoms with Crippen molar-refractivity contribution in [1.29, 1.82) is 0 Å². The molecule has 0 bridgehead atoms. The first-order chi connectivity index (χ1) is 16.7. The molecule has 0 spiro atoms. The zero-order chi connectivity index (χ0) is 25.2. The SMILES string of the molecule is C[C@H](NC(=O)[C@@H](O)c1cc(F)cc(F)c1)C(=O)Nc1cc(C2(c3ccc(F)cc3)CCCC2)n[nH]1. The first-order valence-corrected chi connectivity index (χ1v) is 11.3. The predicted octanol–water partition coefficient (Wildman–Crippen LogP) is 3.86. The lowest BCUT2D eigenvalue weighted by Gasteiger charge is -2.27. The fourth-order valence-electron chi connectivity index (χ4n) is 4.55. The topological polar surface area (TPSA) is 107 Å². The fourth-order valence-corrected chi connectivity index (χ4v) is 4.55. The number of aliphatic hydroxyl groups excluding tert-OH is 1. The van der Waals surface area contributed by atoms with Crippen LogP contribution >= 0.6 is 0 Å². The van der Waals surface area contributed by atoms with Crippen LogP contribution in [0.3, 0.4) is 0 Å². The van der Waals surface area contributed by atoms with E-state index in [1.165, 1.54) is 19.1 Å². The third-order valence-corrected chi connectivity index (χ3v) is 6.38. The third-order valence-electron chi connectivity index (χ3n) is 6.38. The van der Waals surface area contributed by atoms with Gasteiger partial charge in [0.1, 0.15) is 29.3 Å². The maximum atomic E-state index is 13.4. The van der Waals surface area contributed by atoms with Crippen LogP contribution in [0.25, 0.3) is 0 Å². The number of H-pyrrole nitrogens is 1. The van der Waals surface area contributed by atoms with E-state index in [0.29, 0.717) is 11.9 Å². The second-order valence-corrected chi connectivity index (χ2v) is 8.79. The van der Waals surface area contributed by atoms with Crippen LogP contribution in [0, 0.1) is 17.5 Å². The summed E-state index contributed by atoms with van der Waals surface area (Å²) in [7, 11) is 0. The number of carbonyl (C=O) groups excluding carboxylic acids is 2. The van der Waals surface area contributed by atoms with Crippen molar-refractivity contribution >= 4 is 17.6 Å². The monoisotopic (exact) mass is 486 g/mol. The lowest BCUT2D eigenvalue weighted by Crippen LogP contribution is -2.43. The van der Waals surface area contributed by atoms with E-state index in [1.807, 2.05) is 0 Å². The number of anilines is 1. The molecule has 2 aromatic carbocycles.